The molecule has 1 fully saturated rings. The molecule has 1 heterocycles. The quantitative estimate of drug-likeness (QED) is 0.710. The van der Waals surface area contributed by atoms with Crippen molar-refractivity contribution in [2.45, 2.75) is 26.3 Å². The maximum absolute atomic E-state index is 13.1. The molecule has 0 radical (unpaired) electrons. The monoisotopic (exact) mass is 398 g/mol. The molecule has 5 nitrogen and oxygen atoms in total. The topological polar surface area (TPSA) is 49.9 Å². The summed E-state index contributed by atoms with van der Waals surface area (Å²) in [6.45, 7) is 4.88. The summed E-state index contributed by atoms with van der Waals surface area (Å²) >= 11 is 1.54. The molecule has 148 valence electrons. The largest absolute Gasteiger partial charge is 0.497 e. The summed E-state index contributed by atoms with van der Waals surface area (Å²) in [5.41, 5.74) is 3.11. The van der Waals surface area contributed by atoms with Gasteiger partial charge < -0.3 is 14.5 Å². The van der Waals surface area contributed by atoms with Gasteiger partial charge >= 0.3 is 0 Å². The summed E-state index contributed by atoms with van der Waals surface area (Å²) in [6, 6.07) is 15.8. The highest BCUT2D eigenvalue weighted by Gasteiger charge is 2.26. The van der Waals surface area contributed by atoms with Gasteiger partial charge in [-0.2, -0.15) is 0 Å². The van der Waals surface area contributed by atoms with Crippen LogP contribution in [0.25, 0.3) is 0 Å². The van der Waals surface area contributed by atoms with E-state index in [0.29, 0.717) is 24.1 Å². The van der Waals surface area contributed by atoms with E-state index >= 15 is 0 Å². The van der Waals surface area contributed by atoms with E-state index < -0.39 is 0 Å². The van der Waals surface area contributed by atoms with E-state index in [-0.39, 0.29) is 18.4 Å². The Morgan fingerprint density at radius 3 is 2.36 bits per heavy atom. The van der Waals surface area contributed by atoms with Gasteiger partial charge in [-0.05, 0) is 41.3 Å². The number of rotatable bonds is 7. The molecule has 0 unspecified atom stereocenters. The molecule has 0 aromatic heterocycles. The predicted octanol–water partition coefficient (Wildman–Crippen LogP) is 3.88. The third kappa shape index (κ3) is 4.87. The molecule has 6 heteroatoms. The van der Waals surface area contributed by atoms with Gasteiger partial charge in [0.15, 0.2) is 0 Å². The van der Waals surface area contributed by atoms with Gasteiger partial charge in [-0.15, -0.1) is 11.8 Å². The van der Waals surface area contributed by atoms with Crippen LogP contribution in [0.5, 0.6) is 5.75 Å². The van der Waals surface area contributed by atoms with Crippen LogP contribution in [0, 0.1) is 0 Å². The summed E-state index contributed by atoms with van der Waals surface area (Å²) in [4.78, 5) is 28.4. The van der Waals surface area contributed by atoms with Gasteiger partial charge in [-0.3, -0.25) is 9.59 Å². The van der Waals surface area contributed by atoms with Crippen LogP contribution in [0.3, 0.4) is 0 Å². The van der Waals surface area contributed by atoms with Crippen LogP contribution in [0.1, 0.15) is 30.9 Å². The van der Waals surface area contributed by atoms with Crippen molar-refractivity contribution in [1.29, 1.82) is 0 Å². The van der Waals surface area contributed by atoms with E-state index in [1.165, 1.54) is 5.56 Å². The van der Waals surface area contributed by atoms with E-state index in [1.807, 2.05) is 24.3 Å². The number of carbonyl (C=O) groups is 2. The Morgan fingerprint density at radius 2 is 1.82 bits per heavy atom. The predicted molar refractivity (Wildman–Crippen MR) is 114 cm³/mol. The number of nitrogens with zero attached hydrogens (tertiary/aromatic N) is 2. The van der Waals surface area contributed by atoms with Crippen molar-refractivity contribution >= 4 is 29.3 Å². The van der Waals surface area contributed by atoms with Crippen LogP contribution < -0.4 is 9.64 Å². The van der Waals surface area contributed by atoms with Gasteiger partial charge in [0.1, 0.15) is 12.3 Å². The number of methoxy groups -OCH3 is 1. The molecule has 0 spiro atoms. The van der Waals surface area contributed by atoms with Gasteiger partial charge in [0, 0.05) is 5.69 Å². The van der Waals surface area contributed by atoms with E-state index in [2.05, 4.69) is 38.1 Å². The fraction of sp³-hybridized carbons (Fsp3) is 0.364. The van der Waals surface area contributed by atoms with Gasteiger partial charge in [0.05, 0.1) is 25.3 Å². The molecule has 1 saturated heterocycles. The minimum atomic E-state index is -0.0889. The standard InChI is InChI=1S/C22H26N2O3S/c1-16(2)18-6-4-17(5-7-18)12-24(19-8-10-20(27-3)11-9-19)21(25)13-23-15-28-14-22(23)26/h4-11,16H,12-15H2,1-3H3. The highest BCUT2D eigenvalue weighted by molar-refractivity contribution is 8.00. The number of hydrogen-bond acceptors (Lipinski definition) is 4. The maximum atomic E-state index is 13.1. The van der Waals surface area contributed by atoms with Crippen LogP contribution in [0.15, 0.2) is 48.5 Å². The molecule has 2 aromatic rings. The molecular formula is C22H26N2O3S. The molecule has 1 aliphatic heterocycles. The third-order valence-corrected chi connectivity index (χ3v) is 5.77. The number of carbonyl (C=O) groups excluding carboxylic acids is 2. The van der Waals surface area contributed by atoms with Crippen molar-refractivity contribution in [1.82, 2.24) is 4.90 Å². The zero-order valence-corrected chi connectivity index (χ0v) is 17.4. The van der Waals surface area contributed by atoms with Gasteiger partial charge in [-0.25, -0.2) is 0 Å². The van der Waals surface area contributed by atoms with E-state index in [1.54, 1.807) is 28.7 Å². The fourth-order valence-electron chi connectivity index (χ4n) is 3.07. The van der Waals surface area contributed by atoms with E-state index in [0.717, 1.165) is 17.0 Å². The number of thioether (sulfide) groups is 1. The maximum Gasteiger partial charge on any atom is 0.246 e. The molecular weight excluding hydrogens is 372 g/mol. The SMILES string of the molecule is COc1ccc(N(Cc2ccc(C(C)C)cc2)C(=O)CN2CSCC2=O)cc1. The lowest BCUT2D eigenvalue weighted by atomic mass is 10.0. The number of anilines is 1. The average Bonchev–Trinajstić information content (AvgIpc) is 3.11. The highest BCUT2D eigenvalue weighted by atomic mass is 32.2. The zero-order chi connectivity index (χ0) is 20.1. The Morgan fingerprint density at radius 1 is 1.14 bits per heavy atom. The Labute approximate surface area is 170 Å². The van der Waals surface area contributed by atoms with E-state index in [4.69, 9.17) is 4.74 Å². The first-order valence-electron chi connectivity index (χ1n) is 9.36. The van der Waals surface area contributed by atoms with Crippen molar-refractivity contribution < 1.29 is 14.3 Å². The summed E-state index contributed by atoms with van der Waals surface area (Å²) in [5.74, 6) is 2.16. The number of hydrogen-bond donors (Lipinski definition) is 0. The Hall–Kier alpha value is -2.47. The summed E-state index contributed by atoms with van der Waals surface area (Å²) in [7, 11) is 1.62. The molecule has 0 atom stereocenters. The second kappa shape index (κ2) is 9.15. The molecule has 28 heavy (non-hydrogen) atoms. The van der Waals surface area contributed by atoms with Crippen molar-refractivity contribution in [3.63, 3.8) is 0 Å². The van der Waals surface area contributed by atoms with Crippen molar-refractivity contribution in [3.05, 3.63) is 59.7 Å². The fourth-order valence-corrected chi connectivity index (χ4v) is 3.97. The Bertz CT molecular complexity index is 819. The lowest BCUT2D eigenvalue weighted by molar-refractivity contribution is -0.131. The van der Waals surface area contributed by atoms with Crippen LogP contribution in [-0.2, 0) is 16.1 Å². The van der Waals surface area contributed by atoms with Crippen LogP contribution in [-0.4, -0.2) is 42.0 Å². The first-order chi connectivity index (χ1) is 13.5. The molecule has 1 aliphatic rings. The molecule has 0 bridgehead atoms. The highest BCUT2D eigenvalue weighted by Crippen LogP contribution is 2.24. The normalized spacial score (nSPS) is 13.9. The van der Waals surface area contributed by atoms with Crippen LogP contribution in [0.4, 0.5) is 5.69 Å². The number of ether oxygens (including phenoxy) is 1. The lowest BCUT2D eigenvalue weighted by Gasteiger charge is -2.26. The molecule has 3 rings (SSSR count). The molecule has 2 amide bonds. The Balaban J connectivity index is 1.82. The Kier molecular flexibility index (Phi) is 6.62. The summed E-state index contributed by atoms with van der Waals surface area (Å²) < 4.78 is 5.23. The van der Waals surface area contributed by atoms with Gasteiger partial charge in [-0.1, -0.05) is 38.1 Å². The first-order valence-corrected chi connectivity index (χ1v) is 10.5. The second-order valence-corrected chi connectivity index (χ2v) is 8.10. The van der Waals surface area contributed by atoms with E-state index in [9.17, 15) is 9.59 Å². The van der Waals surface area contributed by atoms with Crippen LogP contribution in [0.2, 0.25) is 0 Å². The zero-order valence-electron chi connectivity index (χ0n) is 16.6. The molecule has 0 saturated carbocycles. The molecule has 0 aliphatic carbocycles. The minimum absolute atomic E-state index is 0.0225. The second-order valence-electron chi connectivity index (χ2n) is 7.14. The molecule has 2 aromatic carbocycles. The third-order valence-electron chi connectivity index (χ3n) is 4.82. The summed E-state index contributed by atoms with van der Waals surface area (Å²) in [6.07, 6.45) is 0. The average molecular weight is 399 g/mol. The molecule has 0 N–H and O–H groups in total. The van der Waals surface area contributed by atoms with Gasteiger partial charge in [0.2, 0.25) is 11.8 Å². The lowest BCUT2D eigenvalue weighted by Crippen LogP contribution is -2.41. The van der Waals surface area contributed by atoms with Crippen LogP contribution >= 0.6 is 11.8 Å². The number of amides is 2. The van der Waals surface area contributed by atoms with Crippen molar-refractivity contribution in [2.24, 2.45) is 0 Å². The van der Waals surface area contributed by atoms with Gasteiger partial charge in [0.25, 0.3) is 0 Å². The van der Waals surface area contributed by atoms with Crippen molar-refractivity contribution in [3.8, 4) is 5.75 Å². The smallest absolute Gasteiger partial charge is 0.246 e. The minimum Gasteiger partial charge on any atom is -0.497 e. The number of benzene rings is 2. The summed E-state index contributed by atoms with van der Waals surface area (Å²) in [5, 5.41) is 0. The van der Waals surface area contributed by atoms with Crippen molar-refractivity contribution in [2.75, 3.05) is 30.2 Å². The first kappa shape index (κ1) is 20.3.